The molecule has 8 heteroatoms. The van der Waals surface area contributed by atoms with Crippen LogP contribution in [0.15, 0.2) is 51.8 Å². The van der Waals surface area contributed by atoms with Gasteiger partial charge >= 0.3 is 6.03 Å². The Morgan fingerprint density at radius 3 is 2.48 bits per heavy atom. The molecule has 0 atom stereocenters. The smallest absolute Gasteiger partial charge is 0.318 e. The third kappa shape index (κ3) is 4.46. The van der Waals surface area contributed by atoms with Crippen molar-refractivity contribution in [1.29, 1.82) is 0 Å². The Balaban J connectivity index is 2.29. The third-order valence-corrected chi connectivity index (χ3v) is 5.06. The number of amides is 2. The lowest BCUT2D eigenvalue weighted by atomic mass is 10.2. The normalized spacial score (nSPS) is 10.9. The van der Waals surface area contributed by atoms with Gasteiger partial charge in [-0.3, -0.25) is 4.72 Å². The van der Waals surface area contributed by atoms with E-state index in [1.54, 1.807) is 49.4 Å². The number of sulfonamides is 1. The fraction of sp³-hybridized carbons (Fsp3) is 0.133. The van der Waals surface area contributed by atoms with Crippen LogP contribution in [-0.2, 0) is 10.0 Å². The van der Waals surface area contributed by atoms with Gasteiger partial charge < -0.3 is 10.6 Å². The van der Waals surface area contributed by atoms with Crippen LogP contribution in [-0.4, -0.2) is 21.5 Å². The number of carbonyl (C=O) groups excluding carboxylic acids is 1. The number of hydrogen-bond donors (Lipinski definition) is 3. The minimum Gasteiger partial charge on any atom is -0.341 e. The molecule has 3 N–H and O–H groups in total. The van der Waals surface area contributed by atoms with E-state index in [4.69, 9.17) is 0 Å². The molecule has 6 nitrogen and oxygen atoms in total. The van der Waals surface area contributed by atoms with Gasteiger partial charge in [0.1, 0.15) is 0 Å². The Morgan fingerprint density at radius 2 is 1.78 bits per heavy atom. The maximum atomic E-state index is 12.5. The van der Waals surface area contributed by atoms with Crippen molar-refractivity contribution in [1.82, 2.24) is 5.32 Å². The summed E-state index contributed by atoms with van der Waals surface area (Å²) in [5.74, 6) is 0. The molecule has 2 rings (SSSR count). The van der Waals surface area contributed by atoms with Gasteiger partial charge in [-0.15, -0.1) is 0 Å². The predicted octanol–water partition coefficient (Wildman–Crippen LogP) is 3.31. The molecule has 0 spiro atoms. The molecule has 23 heavy (non-hydrogen) atoms. The molecule has 0 aliphatic rings. The summed E-state index contributed by atoms with van der Waals surface area (Å²) in [7, 11) is -2.23. The Labute approximate surface area is 143 Å². The van der Waals surface area contributed by atoms with Crippen molar-refractivity contribution >= 4 is 43.4 Å². The number of halogens is 1. The molecule has 0 aromatic heterocycles. The number of urea groups is 1. The standard InChI is InChI=1S/C15H16BrN3O3S/c1-10-6-7-11(16)8-14(10)23(21,22)19-13-5-3-4-12(9-13)18-15(20)17-2/h3-9,19H,1-2H3,(H2,17,18,20). The highest BCUT2D eigenvalue weighted by Gasteiger charge is 2.17. The topological polar surface area (TPSA) is 87.3 Å². The number of nitrogens with one attached hydrogen (secondary N) is 3. The zero-order valence-corrected chi connectivity index (χ0v) is 15.0. The van der Waals surface area contributed by atoms with Crippen LogP contribution in [0.1, 0.15) is 5.56 Å². The number of carbonyl (C=O) groups is 1. The third-order valence-electron chi connectivity index (χ3n) is 3.04. The van der Waals surface area contributed by atoms with Gasteiger partial charge in [0.15, 0.2) is 0 Å². The monoisotopic (exact) mass is 397 g/mol. The first-order valence-corrected chi connectivity index (χ1v) is 8.97. The van der Waals surface area contributed by atoms with Crippen LogP contribution in [0.5, 0.6) is 0 Å². The maximum absolute atomic E-state index is 12.5. The fourth-order valence-electron chi connectivity index (χ4n) is 1.93. The Bertz CT molecular complexity index is 838. The minimum absolute atomic E-state index is 0.191. The highest BCUT2D eigenvalue weighted by atomic mass is 79.9. The molecule has 122 valence electrons. The molecular formula is C15H16BrN3O3S. The Hall–Kier alpha value is -2.06. The molecule has 0 bridgehead atoms. The minimum atomic E-state index is -3.73. The van der Waals surface area contributed by atoms with E-state index < -0.39 is 10.0 Å². The van der Waals surface area contributed by atoms with Gasteiger partial charge in [0.05, 0.1) is 10.6 Å². The van der Waals surface area contributed by atoms with Crippen LogP contribution in [0.25, 0.3) is 0 Å². The molecule has 0 heterocycles. The summed E-state index contributed by atoms with van der Waals surface area (Å²) in [6.07, 6.45) is 0. The zero-order valence-electron chi connectivity index (χ0n) is 12.6. The summed E-state index contributed by atoms with van der Waals surface area (Å²) in [5, 5.41) is 5.01. The Morgan fingerprint density at radius 1 is 1.09 bits per heavy atom. The van der Waals surface area contributed by atoms with Gasteiger partial charge in [0.25, 0.3) is 10.0 Å². The number of benzene rings is 2. The van der Waals surface area contributed by atoms with Gasteiger partial charge in [-0.2, -0.15) is 0 Å². The average molecular weight is 398 g/mol. The lowest BCUT2D eigenvalue weighted by molar-refractivity contribution is 0.254. The zero-order chi connectivity index (χ0) is 17.0. The van der Waals surface area contributed by atoms with Crippen molar-refractivity contribution in [2.45, 2.75) is 11.8 Å². The lowest BCUT2D eigenvalue weighted by Crippen LogP contribution is -2.24. The second-order valence-corrected chi connectivity index (χ2v) is 7.37. The quantitative estimate of drug-likeness (QED) is 0.739. The average Bonchev–Trinajstić information content (AvgIpc) is 2.49. The van der Waals surface area contributed by atoms with Crippen molar-refractivity contribution in [2.75, 3.05) is 17.1 Å². The molecule has 2 aromatic carbocycles. The van der Waals surface area contributed by atoms with E-state index in [-0.39, 0.29) is 10.9 Å². The van der Waals surface area contributed by atoms with E-state index >= 15 is 0 Å². The largest absolute Gasteiger partial charge is 0.341 e. The molecule has 0 saturated heterocycles. The van der Waals surface area contributed by atoms with Gasteiger partial charge in [0, 0.05) is 17.2 Å². The number of aryl methyl sites for hydroxylation is 1. The first-order chi connectivity index (χ1) is 10.8. The molecule has 0 aliphatic carbocycles. The SMILES string of the molecule is CNC(=O)Nc1cccc(NS(=O)(=O)c2cc(Br)ccc2C)c1. The molecule has 0 radical (unpaired) electrons. The van der Waals surface area contributed by atoms with Crippen LogP contribution in [0.3, 0.4) is 0 Å². The molecule has 0 unspecified atom stereocenters. The van der Waals surface area contributed by atoms with Gasteiger partial charge in [-0.1, -0.05) is 28.1 Å². The summed E-state index contributed by atoms with van der Waals surface area (Å²) < 4.78 is 28.3. The summed E-state index contributed by atoms with van der Waals surface area (Å²) in [5.41, 5.74) is 1.48. The molecular weight excluding hydrogens is 382 g/mol. The lowest BCUT2D eigenvalue weighted by Gasteiger charge is -2.12. The second-order valence-electron chi connectivity index (χ2n) is 4.80. The number of rotatable bonds is 4. The Kier molecular flexibility index (Phi) is 5.27. The summed E-state index contributed by atoms with van der Waals surface area (Å²) >= 11 is 3.27. The van der Waals surface area contributed by atoms with Gasteiger partial charge in [-0.05, 0) is 42.8 Å². The number of anilines is 2. The molecule has 0 fully saturated rings. The first-order valence-electron chi connectivity index (χ1n) is 6.69. The second kappa shape index (κ2) is 7.01. The van der Waals surface area contributed by atoms with Crippen molar-refractivity contribution in [3.63, 3.8) is 0 Å². The predicted molar refractivity (Wildman–Crippen MR) is 94.2 cm³/mol. The molecule has 2 aromatic rings. The molecule has 0 aliphatic heterocycles. The van der Waals surface area contributed by atoms with E-state index in [1.165, 1.54) is 7.05 Å². The van der Waals surface area contributed by atoms with Crippen LogP contribution in [0.4, 0.5) is 16.2 Å². The van der Waals surface area contributed by atoms with Gasteiger partial charge in [0.2, 0.25) is 0 Å². The van der Waals surface area contributed by atoms with Gasteiger partial charge in [-0.25, -0.2) is 13.2 Å². The highest BCUT2D eigenvalue weighted by Crippen LogP contribution is 2.24. The summed E-state index contributed by atoms with van der Waals surface area (Å²) in [6, 6.07) is 11.1. The molecule has 0 saturated carbocycles. The fourth-order valence-corrected chi connectivity index (χ4v) is 3.76. The van der Waals surface area contributed by atoms with Crippen molar-refractivity contribution in [3.8, 4) is 0 Å². The highest BCUT2D eigenvalue weighted by molar-refractivity contribution is 9.10. The van der Waals surface area contributed by atoms with E-state index in [2.05, 4.69) is 31.3 Å². The molecule has 2 amide bonds. The van der Waals surface area contributed by atoms with Crippen LogP contribution >= 0.6 is 15.9 Å². The maximum Gasteiger partial charge on any atom is 0.318 e. The van der Waals surface area contributed by atoms with E-state index in [0.29, 0.717) is 21.4 Å². The number of hydrogen-bond acceptors (Lipinski definition) is 3. The first kappa shape index (κ1) is 17.3. The van der Waals surface area contributed by atoms with E-state index in [1.807, 2.05) is 0 Å². The van der Waals surface area contributed by atoms with Crippen LogP contribution < -0.4 is 15.4 Å². The summed E-state index contributed by atoms with van der Waals surface area (Å²) in [6.45, 7) is 1.73. The van der Waals surface area contributed by atoms with Crippen LogP contribution in [0.2, 0.25) is 0 Å². The van der Waals surface area contributed by atoms with Crippen LogP contribution in [0, 0.1) is 6.92 Å². The van der Waals surface area contributed by atoms with E-state index in [9.17, 15) is 13.2 Å². The van der Waals surface area contributed by atoms with Crippen molar-refractivity contribution in [2.24, 2.45) is 0 Å². The van der Waals surface area contributed by atoms with Crippen molar-refractivity contribution < 1.29 is 13.2 Å². The summed E-state index contributed by atoms with van der Waals surface area (Å²) in [4.78, 5) is 11.5. The van der Waals surface area contributed by atoms with E-state index in [0.717, 1.165) is 0 Å². The van der Waals surface area contributed by atoms with Crippen molar-refractivity contribution in [3.05, 3.63) is 52.5 Å².